The summed E-state index contributed by atoms with van der Waals surface area (Å²) in [6, 6.07) is 1.05. The molecule has 5 heteroatoms. The van der Waals surface area contributed by atoms with E-state index in [1.165, 1.54) is 0 Å². The fourth-order valence-corrected chi connectivity index (χ4v) is 2.64. The number of rotatable bonds is 4. The van der Waals surface area contributed by atoms with Crippen molar-refractivity contribution in [2.24, 2.45) is 0 Å². The van der Waals surface area contributed by atoms with E-state index in [-0.39, 0.29) is 9.76 Å². The van der Waals surface area contributed by atoms with E-state index in [0.29, 0.717) is 0 Å². The number of thiol groups is 1. The van der Waals surface area contributed by atoms with Crippen LogP contribution in [-0.4, -0.2) is 30.8 Å². The van der Waals surface area contributed by atoms with Crippen LogP contribution in [-0.2, 0) is 4.12 Å². The summed E-state index contributed by atoms with van der Waals surface area (Å²) in [5.41, 5.74) is -0.431. The van der Waals surface area contributed by atoms with Crippen molar-refractivity contribution in [3.8, 4) is 0 Å². The summed E-state index contributed by atoms with van der Waals surface area (Å²) in [5.74, 6) is 0. The van der Waals surface area contributed by atoms with Crippen molar-refractivity contribution in [3.63, 3.8) is 0 Å². The van der Waals surface area contributed by atoms with Crippen molar-refractivity contribution in [2.45, 2.75) is 17.9 Å². The lowest BCUT2D eigenvalue weighted by atomic mass is 10.5. The lowest BCUT2D eigenvalue weighted by molar-refractivity contribution is 0.261. The van der Waals surface area contributed by atoms with Crippen LogP contribution in [0.15, 0.2) is 0 Å². The van der Waals surface area contributed by atoms with Crippen LogP contribution < -0.4 is 0 Å². The maximum atomic E-state index is 8.62. The van der Waals surface area contributed by atoms with E-state index in [0.717, 1.165) is 23.0 Å². The third-order valence-electron chi connectivity index (χ3n) is 0.811. The Labute approximate surface area is 60.5 Å². The van der Waals surface area contributed by atoms with Gasteiger partial charge in [0.1, 0.15) is 20.2 Å². The molecule has 0 radical (unpaired) electrons. The zero-order valence-electron chi connectivity index (χ0n) is 5.00. The zero-order chi connectivity index (χ0) is 6.41. The van der Waals surface area contributed by atoms with Crippen LogP contribution in [0, 0.1) is 0 Å². The van der Waals surface area contributed by atoms with E-state index >= 15 is 0 Å². The molecule has 1 unspecified atom stereocenters. The molecular weight excluding hydrogens is 156 g/mol. The zero-order valence-corrected chi connectivity index (χ0v) is 9.31. The van der Waals surface area contributed by atoms with Gasteiger partial charge in [-0.05, 0) is 12.5 Å². The molecule has 50 valence electrons. The summed E-state index contributed by atoms with van der Waals surface area (Å²) in [5, 5.41) is 8.62. The fourth-order valence-electron chi connectivity index (χ4n) is 0.410. The van der Waals surface area contributed by atoms with Crippen molar-refractivity contribution >= 4 is 32.9 Å². The molecule has 8 heavy (non-hydrogen) atoms. The largest absolute Gasteiger partial charge is 0.468 e. The third-order valence-corrected chi connectivity index (χ3v) is 3.40. The Morgan fingerprint density at radius 3 is 2.88 bits per heavy atom. The molecule has 0 aromatic carbocycles. The third kappa shape index (κ3) is 6.70. The van der Waals surface area contributed by atoms with Gasteiger partial charge < -0.3 is 9.22 Å². The van der Waals surface area contributed by atoms with Crippen LogP contribution in [0.3, 0.4) is 0 Å². The minimum absolute atomic E-state index is 0.268. The van der Waals surface area contributed by atoms with Gasteiger partial charge >= 0.3 is 0 Å². The number of hydrogen-bond acceptors (Lipinski definition) is 3. The Morgan fingerprint density at radius 2 is 2.50 bits per heavy atom. The molecule has 0 spiro atoms. The minimum atomic E-state index is -0.431. The minimum Gasteiger partial charge on any atom is -0.468 e. The first-order chi connectivity index (χ1) is 3.77. The second-order valence-corrected chi connectivity index (χ2v) is 5.64. The van der Waals surface area contributed by atoms with Crippen molar-refractivity contribution in [3.05, 3.63) is 0 Å². The van der Waals surface area contributed by atoms with Crippen LogP contribution in [0.1, 0.15) is 6.42 Å². The summed E-state index contributed by atoms with van der Waals surface area (Å²) in [6.45, 7) is 0. The van der Waals surface area contributed by atoms with Gasteiger partial charge in [0, 0.05) is 0 Å². The SMILES string of the molecule is OC(S)CC[SiH2]O[SiH3]. The molecule has 0 aliphatic carbocycles. The summed E-state index contributed by atoms with van der Waals surface area (Å²) in [7, 11) is 0.586. The molecule has 0 saturated carbocycles. The molecular formula is C3H12O2SSi2. The average molecular weight is 168 g/mol. The summed E-state index contributed by atoms with van der Waals surface area (Å²) in [4.78, 5) is 0. The topological polar surface area (TPSA) is 29.5 Å². The predicted molar refractivity (Wildman–Crippen MR) is 44.0 cm³/mol. The summed E-state index contributed by atoms with van der Waals surface area (Å²) in [6.07, 6.45) is 0.789. The van der Waals surface area contributed by atoms with Crippen LogP contribution in [0.25, 0.3) is 0 Å². The second kappa shape index (κ2) is 5.83. The number of hydrogen-bond donors (Lipinski definition) is 2. The Kier molecular flexibility index (Phi) is 6.35. The molecule has 0 heterocycles. The molecule has 0 saturated heterocycles. The van der Waals surface area contributed by atoms with E-state index in [1.54, 1.807) is 0 Å². The molecule has 0 aromatic rings. The van der Waals surface area contributed by atoms with E-state index < -0.39 is 5.44 Å². The van der Waals surface area contributed by atoms with Crippen molar-refractivity contribution in [1.82, 2.24) is 0 Å². The molecule has 1 atom stereocenters. The van der Waals surface area contributed by atoms with E-state index in [4.69, 9.17) is 9.22 Å². The first kappa shape index (κ1) is 8.70. The molecule has 0 rings (SSSR count). The van der Waals surface area contributed by atoms with Crippen LogP contribution in [0.5, 0.6) is 0 Å². The van der Waals surface area contributed by atoms with Gasteiger partial charge in [0.05, 0.1) is 5.44 Å². The fraction of sp³-hybridized carbons (Fsp3) is 1.00. The van der Waals surface area contributed by atoms with E-state index in [9.17, 15) is 0 Å². The highest BCUT2D eigenvalue weighted by molar-refractivity contribution is 7.80. The molecule has 2 nitrogen and oxygen atoms in total. The number of aliphatic hydroxyl groups is 1. The van der Waals surface area contributed by atoms with E-state index in [1.807, 2.05) is 0 Å². The van der Waals surface area contributed by atoms with Gasteiger partial charge in [0.2, 0.25) is 0 Å². The average Bonchev–Trinajstić information content (AvgIpc) is 1.66. The van der Waals surface area contributed by atoms with Crippen molar-refractivity contribution in [2.75, 3.05) is 0 Å². The van der Waals surface area contributed by atoms with Crippen molar-refractivity contribution < 1.29 is 9.22 Å². The monoisotopic (exact) mass is 168 g/mol. The molecule has 1 N–H and O–H groups in total. The molecule has 0 aromatic heterocycles. The van der Waals surface area contributed by atoms with Gasteiger partial charge in [-0.3, -0.25) is 0 Å². The Bertz CT molecular complexity index is 52.5. The molecule has 0 bridgehead atoms. The highest BCUT2D eigenvalue weighted by Crippen LogP contribution is 1.99. The Balaban J connectivity index is 2.72. The number of aliphatic hydroxyl groups excluding tert-OH is 1. The van der Waals surface area contributed by atoms with Crippen LogP contribution in [0.2, 0.25) is 6.04 Å². The second-order valence-electron chi connectivity index (χ2n) is 1.62. The van der Waals surface area contributed by atoms with Crippen molar-refractivity contribution in [1.29, 1.82) is 0 Å². The lowest BCUT2D eigenvalue weighted by Gasteiger charge is -1.99. The molecule has 0 amide bonds. The van der Waals surface area contributed by atoms with E-state index in [2.05, 4.69) is 12.6 Å². The standard InChI is InChI=1S/C3H12O2SSi2/c4-3(6)1-2-8-5-7/h3-4,6H,1-2,8H2,7H3. The van der Waals surface area contributed by atoms with Gasteiger partial charge in [-0.2, -0.15) is 0 Å². The Morgan fingerprint density at radius 1 is 1.88 bits per heavy atom. The smallest absolute Gasteiger partial charge is 0.145 e. The normalized spacial score (nSPS) is 15.8. The van der Waals surface area contributed by atoms with Gasteiger partial charge in [-0.1, -0.05) is 0 Å². The quantitative estimate of drug-likeness (QED) is 0.230. The highest BCUT2D eigenvalue weighted by atomic mass is 32.1. The molecule has 0 aliphatic rings. The predicted octanol–water partition coefficient (Wildman–Crippen LogP) is -1.58. The van der Waals surface area contributed by atoms with Gasteiger partial charge in [0.15, 0.2) is 0 Å². The maximum Gasteiger partial charge on any atom is 0.145 e. The van der Waals surface area contributed by atoms with Crippen LogP contribution >= 0.6 is 12.6 Å². The first-order valence-corrected chi connectivity index (χ1v) is 5.53. The highest BCUT2D eigenvalue weighted by Gasteiger charge is 1.93. The first-order valence-electron chi connectivity index (χ1n) is 2.62. The summed E-state index contributed by atoms with van der Waals surface area (Å²) < 4.78 is 5.02. The lowest BCUT2D eigenvalue weighted by Crippen LogP contribution is -2.00. The Hall–Kier alpha value is 0.704. The van der Waals surface area contributed by atoms with Gasteiger partial charge in [-0.25, -0.2) is 0 Å². The maximum absolute atomic E-state index is 8.62. The summed E-state index contributed by atoms with van der Waals surface area (Å²) >= 11 is 3.80. The van der Waals surface area contributed by atoms with Gasteiger partial charge in [0.25, 0.3) is 0 Å². The van der Waals surface area contributed by atoms with Crippen LogP contribution in [0.4, 0.5) is 0 Å². The molecule has 0 aliphatic heterocycles. The van der Waals surface area contributed by atoms with Gasteiger partial charge in [-0.15, -0.1) is 12.6 Å². The molecule has 0 fully saturated rings.